The van der Waals surface area contributed by atoms with E-state index in [1.165, 1.54) is 13.2 Å². The predicted molar refractivity (Wildman–Crippen MR) is 129 cm³/mol. The summed E-state index contributed by atoms with van der Waals surface area (Å²) in [7, 11) is 1.51. The van der Waals surface area contributed by atoms with E-state index >= 15 is 0 Å². The highest BCUT2D eigenvalue weighted by Gasteiger charge is 2.20. The van der Waals surface area contributed by atoms with Crippen LogP contribution in [0.25, 0.3) is 38.9 Å². The molecule has 8 heteroatoms. The average Bonchev–Trinajstić information content (AvgIpc) is 2.88. The van der Waals surface area contributed by atoms with Crippen molar-refractivity contribution in [3.8, 4) is 29.0 Å². The highest BCUT2D eigenvalue weighted by atomic mass is 16.5. The number of hydrogen-bond donors (Lipinski definition) is 0. The zero-order chi connectivity index (χ0) is 23.9. The molecule has 8 nitrogen and oxygen atoms in total. The first-order chi connectivity index (χ1) is 16.4. The van der Waals surface area contributed by atoms with Crippen molar-refractivity contribution in [1.29, 1.82) is 5.26 Å². The molecule has 0 aliphatic heterocycles. The average molecular weight is 448 g/mol. The van der Waals surface area contributed by atoms with Gasteiger partial charge in [0.05, 0.1) is 35.3 Å². The van der Waals surface area contributed by atoms with Gasteiger partial charge in [-0.3, -0.25) is 14.3 Å². The number of pyridine rings is 3. The molecule has 1 aromatic carbocycles. The molecular weight excluding hydrogens is 428 g/mol. The maximum Gasteiger partial charge on any atom is 0.316 e. The van der Waals surface area contributed by atoms with Crippen LogP contribution in [0, 0.1) is 11.3 Å². The monoisotopic (exact) mass is 448 g/mol. The van der Waals surface area contributed by atoms with E-state index in [1.54, 1.807) is 29.2 Å². The van der Waals surface area contributed by atoms with Crippen LogP contribution < -0.4 is 10.3 Å². The van der Waals surface area contributed by atoms with Crippen LogP contribution in [-0.4, -0.2) is 31.6 Å². The first kappa shape index (κ1) is 21.2. The minimum atomic E-state index is -0.629. The van der Waals surface area contributed by atoms with Gasteiger partial charge in [-0.2, -0.15) is 5.26 Å². The molecule has 0 spiro atoms. The number of hydrogen-bond acceptors (Lipinski definition) is 7. The van der Waals surface area contributed by atoms with Crippen molar-refractivity contribution >= 4 is 21.9 Å². The second-order valence-electron chi connectivity index (χ2n) is 8.38. The SMILES string of the molecule is COc1ncc(-c2ccc3ncc4ccc(=O)n(-c5ccc(C(C)(C)C#N)cc5)c4c3n2)cn1. The van der Waals surface area contributed by atoms with Gasteiger partial charge in [-0.25, -0.2) is 15.0 Å². The van der Waals surface area contributed by atoms with Gasteiger partial charge in [0.15, 0.2) is 0 Å². The van der Waals surface area contributed by atoms with E-state index < -0.39 is 5.41 Å². The van der Waals surface area contributed by atoms with Crippen LogP contribution in [0.2, 0.25) is 0 Å². The van der Waals surface area contributed by atoms with Gasteiger partial charge in [0.25, 0.3) is 5.56 Å². The van der Waals surface area contributed by atoms with E-state index in [-0.39, 0.29) is 11.6 Å². The molecule has 0 saturated heterocycles. The summed E-state index contributed by atoms with van der Waals surface area (Å²) in [4.78, 5) is 30.8. The molecule has 0 fully saturated rings. The molecule has 0 bridgehead atoms. The Kier molecular flexibility index (Phi) is 5.02. The number of ether oxygens (including phenoxy) is 1. The number of aromatic nitrogens is 5. The third kappa shape index (κ3) is 3.53. The summed E-state index contributed by atoms with van der Waals surface area (Å²) in [5.41, 5.74) is 4.01. The molecular formula is C26H20N6O2. The molecule has 0 radical (unpaired) electrons. The quantitative estimate of drug-likeness (QED) is 0.379. The van der Waals surface area contributed by atoms with E-state index in [1.807, 2.05) is 50.2 Å². The van der Waals surface area contributed by atoms with Gasteiger partial charge in [-0.05, 0) is 49.7 Å². The van der Waals surface area contributed by atoms with Gasteiger partial charge in [-0.1, -0.05) is 12.1 Å². The second kappa shape index (κ2) is 8.05. The predicted octanol–water partition coefficient (Wildman–Crippen LogP) is 4.20. The van der Waals surface area contributed by atoms with Crippen LogP contribution in [0.1, 0.15) is 19.4 Å². The topological polar surface area (TPSA) is 107 Å². The number of fused-ring (bicyclic) bond motifs is 3. The Labute approximate surface area is 195 Å². The zero-order valence-corrected chi connectivity index (χ0v) is 18.9. The molecule has 166 valence electrons. The fourth-order valence-corrected chi connectivity index (χ4v) is 3.83. The van der Waals surface area contributed by atoms with Crippen LogP contribution in [0.3, 0.4) is 0 Å². The molecule has 0 aliphatic rings. The molecule has 0 saturated carbocycles. The molecule has 0 aliphatic carbocycles. The fourth-order valence-electron chi connectivity index (χ4n) is 3.83. The number of methoxy groups -OCH3 is 1. The summed E-state index contributed by atoms with van der Waals surface area (Å²) in [6, 6.07) is 17.0. The van der Waals surface area contributed by atoms with Crippen molar-refractivity contribution in [3.05, 3.63) is 83.0 Å². The maximum absolute atomic E-state index is 13.1. The van der Waals surface area contributed by atoms with Crippen LogP contribution in [0.4, 0.5) is 0 Å². The van der Waals surface area contributed by atoms with Crippen molar-refractivity contribution in [2.75, 3.05) is 7.11 Å². The van der Waals surface area contributed by atoms with Gasteiger partial charge in [0.1, 0.15) is 5.52 Å². The van der Waals surface area contributed by atoms with Crippen molar-refractivity contribution in [2.45, 2.75) is 19.3 Å². The highest BCUT2D eigenvalue weighted by Crippen LogP contribution is 2.28. The van der Waals surface area contributed by atoms with Gasteiger partial charge in [0.2, 0.25) is 0 Å². The maximum atomic E-state index is 13.1. The fraction of sp³-hybridized carbons (Fsp3) is 0.154. The van der Waals surface area contributed by atoms with Crippen molar-refractivity contribution in [3.63, 3.8) is 0 Å². The van der Waals surface area contributed by atoms with E-state index in [9.17, 15) is 10.1 Å². The summed E-state index contributed by atoms with van der Waals surface area (Å²) in [5, 5.41) is 10.2. The lowest BCUT2D eigenvalue weighted by molar-refractivity contribution is 0.380. The first-order valence-corrected chi connectivity index (χ1v) is 10.6. The molecule has 4 heterocycles. The third-order valence-corrected chi connectivity index (χ3v) is 5.80. The Hall–Kier alpha value is -4.64. The van der Waals surface area contributed by atoms with Crippen molar-refractivity contribution < 1.29 is 4.74 Å². The lowest BCUT2D eigenvalue weighted by Crippen LogP contribution is -2.19. The van der Waals surface area contributed by atoms with Gasteiger partial charge in [-0.15, -0.1) is 0 Å². The Balaban J connectivity index is 1.75. The Bertz CT molecular complexity index is 1630. The molecule has 5 rings (SSSR count). The van der Waals surface area contributed by atoms with Gasteiger partial charge >= 0.3 is 6.01 Å². The Morgan fingerprint density at radius 3 is 2.35 bits per heavy atom. The summed E-state index contributed by atoms with van der Waals surface area (Å²) >= 11 is 0. The number of nitrogens with zero attached hydrogens (tertiary/aromatic N) is 6. The van der Waals surface area contributed by atoms with Crippen LogP contribution in [-0.2, 0) is 5.41 Å². The number of nitriles is 1. The molecule has 5 aromatic rings. The minimum Gasteiger partial charge on any atom is -0.467 e. The first-order valence-electron chi connectivity index (χ1n) is 10.6. The summed E-state index contributed by atoms with van der Waals surface area (Å²) in [6.07, 6.45) is 5.02. The standard InChI is InChI=1S/C26H20N6O2/c1-26(2,15-27)18-5-7-19(8-6-18)32-22(33)11-4-16-12-28-21-10-9-20(31-23(21)24(16)32)17-13-29-25(34-3)30-14-17/h4-14H,1-3H3. The van der Waals surface area contributed by atoms with Crippen LogP contribution in [0.5, 0.6) is 6.01 Å². The lowest BCUT2D eigenvalue weighted by atomic mass is 9.86. The summed E-state index contributed by atoms with van der Waals surface area (Å²) in [6.45, 7) is 3.72. The summed E-state index contributed by atoms with van der Waals surface area (Å²) < 4.78 is 6.67. The lowest BCUT2D eigenvalue weighted by Gasteiger charge is -2.17. The van der Waals surface area contributed by atoms with Gasteiger partial charge in [0, 0.05) is 41.3 Å². The molecule has 0 N–H and O–H groups in total. The number of rotatable bonds is 4. The van der Waals surface area contributed by atoms with Crippen molar-refractivity contribution in [1.82, 2.24) is 24.5 Å². The van der Waals surface area contributed by atoms with E-state index in [4.69, 9.17) is 9.72 Å². The van der Waals surface area contributed by atoms with Crippen LogP contribution >= 0.6 is 0 Å². The molecule has 0 unspecified atom stereocenters. The zero-order valence-electron chi connectivity index (χ0n) is 18.9. The largest absolute Gasteiger partial charge is 0.467 e. The minimum absolute atomic E-state index is 0.188. The molecule has 0 atom stereocenters. The van der Waals surface area contributed by atoms with Crippen LogP contribution in [0.15, 0.2) is 71.9 Å². The Morgan fingerprint density at radius 2 is 1.68 bits per heavy atom. The van der Waals surface area contributed by atoms with Crippen molar-refractivity contribution in [2.24, 2.45) is 0 Å². The third-order valence-electron chi connectivity index (χ3n) is 5.80. The van der Waals surface area contributed by atoms with Gasteiger partial charge < -0.3 is 4.74 Å². The molecule has 34 heavy (non-hydrogen) atoms. The number of benzene rings is 1. The normalized spacial score (nSPS) is 11.5. The van der Waals surface area contributed by atoms with E-state index in [0.717, 1.165) is 10.9 Å². The molecule has 0 amide bonds. The highest BCUT2D eigenvalue weighted by molar-refractivity contribution is 6.02. The van der Waals surface area contributed by atoms with E-state index in [2.05, 4.69) is 21.0 Å². The smallest absolute Gasteiger partial charge is 0.316 e. The summed E-state index contributed by atoms with van der Waals surface area (Å²) in [5.74, 6) is 0. The Morgan fingerprint density at radius 1 is 0.941 bits per heavy atom. The van der Waals surface area contributed by atoms with E-state index in [0.29, 0.717) is 33.5 Å². The molecule has 4 aromatic heterocycles. The second-order valence-corrected chi connectivity index (χ2v) is 8.38.